The Hall–Kier alpha value is -2.93. The van der Waals surface area contributed by atoms with Crippen molar-refractivity contribution < 1.29 is 4.39 Å². The molecule has 1 aliphatic rings. The molecule has 28 heavy (non-hydrogen) atoms. The van der Waals surface area contributed by atoms with E-state index in [2.05, 4.69) is 30.3 Å². The van der Waals surface area contributed by atoms with Crippen molar-refractivity contribution in [1.29, 1.82) is 0 Å². The highest BCUT2D eigenvalue weighted by Gasteiger charge is 2.20. The minimum absolute atomic E-state index is 0.221. The Morgan fingerprint density at radius 3 is 2.46 bits per heavy atom. The topological polar surface area (TPSA) is 57.2 Å². The summed E-state index contributed by atoms with van der Waals surface area (Å²) in [6.07, 6.45) is 1.60. The van der Waals surface area contributed by atoms with Gasteiger partial charge in [0.05, 0.1) is 6.20 Å². The van der Waals surface area contributed by atoms with Gasteiger partial charge in [0.1, 0.15) is 5.82 Å². The highest BCUT2D eigenvalue weighted by Crippen LogP contribution is 2.24. The summed E-state index contributed by atoms with van der Waals surface area (Å²) >= 11 is 6.09. The highest BCUT2D eigenvalue weighted by atomic mass is 35.5. The highest BCUT2D eigenvalue weighted by molar-refractivity contribution is 6.30. The quantitative estimate of drug-likeness (QED) is 0.715. The summed E-state index contributed by atoms with van der Waals surface area (Å²) in [5.41, 5.74) is 2.98. The monoisotopic (exact) mass is 398 g/mol. The molecule has 0 amide bonds. The number of aryl methyl sites for hydroxylation is 1. The van der Waals surface area contributed by atoms with Gasteiger partial charge in [-0.1, -0.05) is 17.7 Å². The van der Waals surface area contributed by atoms with Gasteiger partial charge >= 0.3 is 0 Å². The van der Waals surface area contributed by atoms with Crippen LogP contribution in [0.25, 0.3) is 0 Å². The number of benzene rings is 2. The molecule has 144 valence electrons. The van der Waals surface area contributed by atoms with Crippen molar-refractivity contribution in [3.05, 3.63) is 65.1 Å². The first kappa shape index (κ1) is 18.4. The molecule has 1 aliphatic heterocycles. The maximum absolute atomic E-state index is 13.1. The summed E-state index contributed by atoms with van der Waals surface area (Å²) in [5.74, 6) is 0.987. The van der Waals surface area contributed by atoms with E-state index >= 15 is 0 Å². The number of nitrogens with zero attached hydrogens (tertiary/aromatic N) is 5. The van der Waals surface area contributed by atoms with E-state index in [0.717, 1.165) is 43.1 Å². The second-order valence-electron chi connectivity index (χ2n) is 6.68. The van der Waals surface area contributed by atoms with Gasteiger partial charge < -0.3 is 15.1 Å². The first-order chi connectivity index (χ1) is 13.6. The van der Waals surface area contributed by atoms with E-state index in [1.165, 1.54) is 12.1 Å². The molecular weight excluding hydrogens is 379 g/mol. The van der Waals surface area contributed by atoms with Gasteiger partial charge in [-0.25, -0.2) is 4.39 Å². The molecule has 0 unspecified atom stereocenters. The van der Waals surface area contributed by atoms with Crippen LogP contribution in [0.4, 0.5) is 27.5 Å². The number of nitrogens with one attached hydrogen (secondary N) is 1. The van der Waals surface area contributed by atoms with E-state index in [1.54, 1.807) is 18.3 Å². The predicted octanol–water partition coefficient (Wildman–Crippen LogP) is 4.04. The second-order valence-corrected chi connectivity index (χ2v) is 7.11. The molecule has 2 aromatic carbocycles. The van der Waals surface area contributed by atoms with E-state index in [-0.39, 0.29) is 5.82 Å². The van der Waals surface area contributed by atoms with Crippen molar-refractivity contribution in [2.45, 2.75) is 6.92 Å². The third-order valence-corrected chi connectivity index (χ3v) is 5.00. The zero-order valence-corrected chi connectivity index (χ0v) is 16.2. The molecule has 1 N–H and O–H groups in total. The van der Waals surface area contributed by atoms with Gasteiger partial charge in [0.25, 0.3) is 0 Å². The lowest BCUT2D eigenvalue weighted by atomic mass is 10.2. The molecule has 2 heterocycles. The van der Waals surface area contributed by atoms with Crippen LogP contribution in [0.1, 0.15) is 5.56 Å². The third-order valence-electron chi connectivity index (χ3n) is 4.76. The first-order valence-corrected chi connectivity index (χ1v) is 9.45. The minimum atomic E-state index is -0.221. The number of hydrogen-bond acceptors (Lipinski definition) is 6. The average Bonchev–Trinajstić information content (AvgIpc) is 2.72. The van der Waals surface area contributed by atoms with E-state index in [4.69, 9.17) is 11.6 Å². The largest absolute Gasteiger partial charge is 0.368 e. The van der Waals surface area contributed by atoms with E-state index in [9.17, 15) is 4.39 Å². The van der Waals surface area contributed by atoms with Gasteiger partial charge in [-0.3, -0.25) is 0 Å². The van der Waals surface area contributed by atoms with Crippen LogP contribution in [-0.2, 0) is 0 Å². The number of aromatic nitrogens is 3. The van der Waals surface area contributed by atoms with Crippen LogP contribution >= 0.6 is 11.6 Å². The molecule has 0 saturated carbocycles. The molecule has 0 bridgehead atoms. The maximum Gasteiger partial charge on any atom is 0.247 e. The number of anilines is 4. The lowest BCUT2D eigenvalue weighted by molar-refractivity contribution is 0.622. The predicted molar refractivity (Wildman–Crippen MR) is 110 cm³/mol. The van der Waals surface area contributed by atoms with Crippen molar-refractivity contribution >= 4 is 34.7 Å². The Kier molecular flexibility index (Phi) is 5.25. The van der Waals surface area contributed by atoms with Crippen molar-refractivity contribution in [3.63, 3.8) is 0 Å². The van der Waals surface area contributed by atoms with Crippen LogP contribution in [0, 0.1) is 12.7 Å². The van der Waals surface area contributed by atoms with E-state index in [1.807, 2.05) is 25.1 Å². The normalized spacial score (nSPS) is 14.2. The summed E-state index contributed by atoms with van der Waals surface area (Å²) in [4.78, 5) is 8.93. The third kappa shape index (κ3) is 4.14. The maximum atomic E-state index is 13.1. The van der Waals surface area contributed by atoms with Crippen LogP contribution in [0.5, 0.6) is 0 Å². The van der Waals surface area contributed by atoms with Gasteiger partial charge in [-0.15, -0.1) is 5.10 Å². The Morgan fingerprint density at radius 2 is 1.71 bits per heavy atom. The van der Waals surface area contributed by atoms with Crippen molar-refractivity contribution in [3.8, 4) is 0 Å². The van der Waals surface area contributed by atoms with E-state index < -0.39 is 0 Å². The van der Waals surface area contributed by atoms with Crippen LogP contribution in [0.2, 0.25) is 5.02 Å². The summed E-state index contributed by atoms with van der Waals surface area (Å²) in [6.45, 7) is 5.14. The zero-order chi connectivity index (χ0) is 19.5. The molecule has 3 aromatic rings. The summed E-state index contributed by atoms with van der Waals surface area (Å²) in [6, 6.07) is 12.3. The van der Waals surface area contributed by atoms with Gasteiger partial charge in [0.2, 0.25) is 5.95 Å². The van der Waals surface area contributed by atoms with Crippen LogP contribution in [0.15, 0.2) is 48.7 Å². The fourth-order valence-electron chi connectivity index (χ4n) is 3.17. The van der Waals surface area contributed by atoms with Gasteiger partial charge in [0.15, 0.2) is 5.82 Å². The van der Waals surface area contributed by atoms with Crippen LogP contribution in [0.3, 0.4) is 0 Å². The lowest BCUT2D eigenvalue weighted by Crippen LogP contribution is -2.47. The Morgan fingerprint density at radius 1 is 1.00 bits per heavy atom. The Labute approximate surface area is 168 Å². The molecule has 1 aromatic heterocycles. The molecule has 0 atom stereocenters. The standard InChI is InChI=1S/C20H20ClFN6/c1-14-2-3-15(21)12-18(14)24-19-13-23-26-20(25-19)28-10-8-27(9-11-28)17-6-4-16(22)5-7-17/h2-7,12-13H,8-11H2,1H3,(H,24,25,26). The molecule has 0 radical (unpaired) electrons. The van der Waals surface area contributed by atoms with Gasteiger partial charge in [0, 0.05) is 42.6 Å². The SMILES string of the molecule is Cc1ccc(Cl)cc1Nc1cnnc(N2CCN(c3ccc(F)cc3)CC2)n1. The first-order valence-electron chi connectivity index (χ1n) is 9.07. The smallest absolute Gasteiger partial charge is 0.247 e. The second kappa shape index (κ2) is 7.98. The molecule has 0 spiro atoms. The number of halogens is 2. The molecular formula is C20H20ClFN6. The number of hydrogen-bond donors (Lipinski definition) is 1. The summed E-state index contributed by atoms with van der Waals surface area (Å²) < 4.78 is 13.1. The van der Waals surface area contributed by atoms with Gasteiger partial charge in [-0.2, -0.15) is 10.1 Å². The molecule has 1 fully saturated rings. The van der Waals surface area contributed by atoms with Crippen LogP contribution in [-0.4, -0.2) is 41.4 Å². The molecule has 4 rings (SSSR count). The van der Waals surface area contributed by atoms with Crippen LogP contribution < -0.4 is 15.1 Å². The fraction of sp³-hybridized carbons (Fsp3) is 0.250. The average molecular weight is 399 g/mol. The van der Waals surface area contributed by atoms with E-state index in [0.29, 0.717) is 16.8 Å². The zero-order valence-electron chi connectivity index (χ0n) is 15.4. The lowest BCUT2D eigenvalue weighted by Gasteiger charge is -2.35. The van der Waals surface area contributed by atoms with Crippen molar-refractivity contribution in [1.82, 2.24) is 15.2 Å². The fourth-order valence-corrected chi connectivity index (χ4v) is 3.34. The molecule has 0 aliphatic carbocycles. The van der Waals surface area contributed by atoms with Crippen molar-refractivity contribution in [2.75, 3.05) is 41.3 Å². The Balaban J connectivity index is 1.43. The minimum Gasteiger partial charge on any atom is -0.368 e. The summed E-state index contributed by atoms with van der Waals surface area (Å²) in [7, 11) is 0. The van der Waals surface area contributed by atoms with Crippen molar-refractivity contribution in [2.24, 2.45) is 0 Å². The molecule has 1 saturated heterocycles. The molecule has 6 nitrogen and oxygen atoms in total. The van der Waals surface area contributed by atoms with Gasteiger partial charge in [-0.05, 0) is 48.9 Å². The summed E-state index contributed by atoms with van der Waals surface area (Å²) in [5, 5.41) is 12.2. The molecule has 8 heteroatoms. The number of rotatable bonds is 4. The number of piperazine rings is 1. The Bertz CT molecular complexity index is 957.